The first-order valence-corrected chi connectivity index (χ1v) is 7.94. The lowest BCUT2D eigenvalue weighted by Gasteiger charge is -2.40. The Bertz CT molecular complexity index is 623. The maximum absolute atomic E-state index is 5.78. The molecular weight excluding hydrogens is 262 g/mol. The zero-order chi connectivity index (χ0) is 14.9. The van der Waals surface area contributed by atoms with Crippen molar-refractivity contribution in [1.82, 2.24) is 9.55 Å². The molecule has 1 aromatic heterocycles. The molecule has 0 spiro atoms. The van der Waals surface area contributed by atoms with E-state index in [1.54, 1.807) is 0 Å². The average Bonchev–Trinajstić information content (AvgIpc) is 2.80. The minimum atomic E-state index is 0.0174. The smallest absolute Gasteiger partial charge is 0.112 e. The molecular formula is C17H25N3O. The van der Waals surface area contributed by atoms with E-state index in [0.717, 1.165) is 49.1 Å². The van der Waals surface area contributed by atoms with Crippen LogP contribution in [0, 0.1) is 0 Å². The Balaban J connectivity index is 2.01. The second-order valence-corrected chi connectivity index (χ2v) is 6.12. The largest absolute Gasteiger partial charge is 0.378 e. The first-order chi connectivity index (χ1) is 10.2. The van der Waals surface area contributed by atoms with Crippen LogP contribution in [-0.4, -0.2) is 22.3 Å². The van der Waals surface area contributed by atoms with Crippen LogP contribution in [0.15, 0.2) is 18.2 Å². The van der Waals surface area contributed by atoms with Crippen LogP contribution in [0.4, 0.5) is 0 Å². The Morgan fingerprint density at radius 2 is 2.19 bits per heavy atom. The van der Waals surface area contributed by atoms with Gasteiger partial charge in [-0.15, -0.1) is 0 Å². The normalized spacial score (nSPS) is 17.1. The molecule has 1 heterocycles. The Morgan fingerprint density at radius 3 is 2.76 bits per heavy atom. The fraction of sp³-hybridized carbons (Fsp3) is 0.588. The number of aryl methyl sites for hydroxylation is 1. The van der Waals surface area contributed by atoms with Crippen molar-refractivity contribution >= 4 is 11.0 Å². The molecule has 1 aliphatic carbocycles. The van der Waals surface area contributed by atoms with Gasteiger partial charge >= 0.3 is 0 Å². The Labute approximate surface area is 126 Å². The van der Waals surface area contributed by atoms with E-state index in [1.807, 2.05) is 7.11 Å². The lowest BCUT2D eigenvalue weighted by molar-refractivity contribution is -0.0725. The van der Waals surface area contributed by atoms with E-state index in [2.05, 4.69) is 29.7 Å². The van der Waals surface area contributed by atoms with Crippen molar-refractivity contribution in [3.63, 3.8) is 0 Å². The van der Waals surface area contributed by atoms with Gasteiger partial charge in [-0.25, -0.2) is 4.98 Å². The van der Waals surface area contributed by atoms with Crippen molar-refractivity contribution in [2.75, 3.05) is 7.11 Å². The third-order valence-electron chi connectivity index (χ3n) is 4.75. The number of hydrogen-bond donors (Lipinski definition) is 1. The van der Waals surface area contributed by atoms with Gasteiger partial charge in [0.25, 0.3) is 0 Å². The number of rotatable bonds is 6. The predicted octanol–water partition coefficient (Wildman–Crippen LogP) is 3.02. The summed E-state index contributed by atoms with van der Waals surface area (Å²) in [4.78, 5) is 4.88. The van der Waals surface area contributed by atoms with Gasteiger partial charge in [-0.05, 0) is 43.4 Å². The van der Waals surface area contributed by atoms with Crippen molar-refractivity contribution in [2.24, 2.45) is 5.73 Å². The summed E-state index contributed by atoms with van der Waals surface area (Å²) in [5, 5.41) is 0. The van der Waals surface area contributed by atoms with Crippen molar-refractivity contribution in [2.45, 2.75) is 57.7 Å². The zero-order valence-electron chi connectivity index (χ0n) is 13.1. The molecule has 0 unspecified atom stereocenters. The van der Waals surface area contributed by atoms with Crippen molar-refractivity contribution in [3.05, 3.63) is 29.6 Å². The molecule has 2 N–H and O–H groups in total. The van der Waals surface area contributed by atoms with E-state index in [0.29, 0.717) is 6.54 Å². The average molecular weight is 287 g/mol. The number of benzene rings is 1. The number of methoxy groups -OCH3 is 1. The summed E-state index contributed by atoms with van der Waals surface area (Å²) in [5.41, 5.74) is 9.18. The molecule has 1 aromatic carbocycles. The van der Waals surface area contributed by atoms with Gasteiger partial charge in [0.05, 0.1) is 16.6 Å². The number of nitrogens with zero attached hydrogens (tertiary/aromatic N) is 2. The Kier molecular flexibility index (Phi) is 4.00. The van der Waals surface area contributed by atoms with Gasteiger partial charge in [-0.1, -0.05) is 13.0 Å². The van der Waals surface area contributed by atoms with Gasteiger partial charge in [0.2, 0.25) is 0 Å². The third kappa shape index (κ3) is 2.58. The molecule has 1 saturated carbocycles. The highest BCUT2D eigenvalue weighted by atomic mass is 16.5. The van der Waals surface area contributed by atoms with Crippen LogP contribution in [-0.2, 0) is 24.2 Å². The van der Waals surface area contributed by atoms with E-state index in [9.17, 15) is 0 Å². The Hall–Kier alpha value is -1.39. The van der Waals surface area contributed by atoms with Gasteiger partial charge < -0.3 is 15.0 Å². The molecule has 114 valence electrons. The third-order valence-corrected chi connectivity index (χ3v) is 4.75. The quantitative estimate of drug-likeness (QED) is 0.888. The van der Waals surface area contributed by atoms with Crippen LogP contribution in [0.1, 0.15) is 44.0 Å². The second kappa shape index (κ2) is 5.78. The standard InChI is InChI=1S/C17H25N3O/c1-3-9-20-15-6-5-13(12-18)10-14(15)19-16(20)11-17(21-2)7-4-8-17/h5-6,10H,3-4,7-9,11-12,18H2,1-2H3. The van der Waals surface area contributed by atoms with E-state index < -0.39 is 0 Å². The summed E-state index contributed by atoms with van der Waals surface area (Å²) < 4.78 is 8.13. The SMILES string of the molecule is CCCn1c(CC2(OC)CCC2)nc2cc(CN)ccc21. The fourth-order valence-electron chi connectivity index (χ4n) is 3.27. The van der Waals surface area contributed by atoms with Crippen LogP contribution in [0.5, 0.6) is 0 Å². The fourth-order valence-corrected chi connectivity index (χ4v) is 3.27. The number of hydrogen-bond acceptors (Lipinski definition) is 3. The highest BCUT2D eigenvalue weighted by Crippen LogP contribution is 2.38. The first kappa shape index (κ1) is 14.5. The van der Waals surface area contributed by atoms with E-state index in [1.165, 1.54) is 11.9 Å². The van der Waals surface area contributed by atoms with Gasteiger partial charge in [0.1, 0.15) is 5.82 Å². The number of nitrogens with two attached hydrogens (primary N) is 1. The van der Waals surface area contributed by atoms with Crippen molar-refractivity contribution < 1.29 is 4.74 Å². The van der Waals surface area contributed by atoms with Crippen LogP contribution < -0.4 is 5.73 Å². The minimum absolute atomic E-state index is 0.0174. The second-order valence-electron chi connectivity index (χ2n) is 6.12. The summed E-state index contributed by atoms with van der Waals surface area (Å²) in [6.45, 7) is 3.78. The summed E-state index contributed by atoms with van der Waals surface area (Å²) >= 11 is 0. The van der Waals surface area contributed by atoms with Crippen LogP contribution in [0.3, 0.4) is 0 Å². The van der Waals surface area contributed by atoms with Crippen molar-refractivity contribution in [1.29, 1.82) is 0 Å². The minimum Gasteiger partial charge on any atom is -0.378 e. The molecule has 4 nitrogen and oxygen atoms in total. The topological polar surface area (TPSA) is 53.1 Å². The van der Waals surface area contributed by atoms with E-state index >= 15 is 0 Å². The van der Waals surface area contributed by atoms with Gasteiger partial charge in [-0.3, -0.25) is 0 Å². The lowest BCUT2D eigenvalue weighted by Crippen LogP contribution is -2.42. The van der Waals surface area contributed by atoms with Crippen molar-refractivity contribution in [3.8, 4) is 0 Å². The molecule has 0 saturated heterocycles. The predicted molar refractivity (Wildman–Crippen MR) is 85.2 cm³/mol. The van der Waals surface area contributed by atoms with Crippen LogP contribution in [0.25, 0.3) is 11.0 Å². The van der Waals surface area contributed by atoms with Gasteiger partial charge in [-0.2, -0.15) is 0 Å². The molecule has 0 radical (unpaired) electrons. The van der Waals surface area contributed by atoms with Gasteiger partial charge in [0, 0.05) is 26.6 Å². The molecule has 2 aromatic rings. The maximum atomic E-state index is 5.78. The summed E-state index contributed by atoms with van der Waals surface area (Å²) in [7, 11) is 1.83. The maximum Gasteiger partial charge on any atom is 0.112 e. The molecule has 1 fully saturated rings. The number of ether oxygens (including phenoxy) is 1. The first-order valence-electron chi connectivity index (χ1n) is 7.94. The monoisotopic (exact) mass is 287 g/mol. The van der Waals surface area contributed by atoms with Gasteiger partial charge in [0.15, 0.2) is 0 Å². The molecule has 0 bridgehead atoms. The number of imidazole rings is 1. The summed E-state index contributed by atoms with van der Waals surface area (Å²) in [5.74, 6) is 1.16. The van der Waals surface area contributed by atoms with E-state index in [-0.39, 0.29) is 5.60 Å². The van der Waals surface area contributed by atoms with E-state index in [4.69, 9.17) is 15.5 Å². The molecule has 1 aliphatic rings. The summed E-state index contributed by atoms with van der Waals surface area (Å²) in [6, 6.07) is 6.38. The zero-order valence-corrected chi connectivity index (χ0v) is 13.1. The molecule has 21 heavy (non-hydrogen) atoms. The molecule has 3 rings (SSSR count). The molecule has 4 heteroatoms. The van der Waals surface area contributed by atoms with Crippen LogP contribution >= 0.6 is 0 Å². The highest BCUT2D eigenvalue weighted by Gasteiger charge is 2.38. The molecule has 0 atom stereocenters. The number of fused-ring (bicyclic) bond motifs is 1. The summed E-state index contributed by atoms with van der Waals surface area (Å²) in [6.07, 6.45) is 5.58. The number of aromatic nitrogens is 2. The molecule has 0 aliphatic heterocycles. The molecule has 0 amide bonds. The Morgan fingerprint density at radius 1 is 1.38 bits per heavy atom. The van der Waals surface area contributed by atoms with Crippen LogP contribution in [0.2, 0.25) is 0 Å². The lowest BCUT2D eigenvalue weighted by atomic mass is 9.77. The highest BCUT2D eigenvalue weighted by molar-refractivity contribution is 5.77.